The number of phenolic OH excluding ortho intramolecular Hbond substituents is 2. The molecule has 0 unspecified atom stereocenters. The van der Waals surface area contributed by atoms with Gasteiger partial charge in [-0.1, -0.05) is 11.6 Å². The van der Waals surface area contributed by atoms with Crippen LogP contribution in [0.5, 0.6) is 17.2 Å². The number of benzene rings is 2. The van der Waals surface area contributed by atoms with Gasteiger partial charge in [-0.3, -0.25) is 14.5 Å². The summed E-state index contributed by atoms with van der Waals surface area (Å²) in [5.41, 5.74) is 0.277. The molecule has 0 spiro atoms. The van der Waals surface area contributed by atoms with Gasteiger partial charge < -0.3 is 14.9 Å². The second-order valence-corrected chi connectivity index (χ2v) is 8.67. The molecule has 28 heavy (non-hydrogen) atoms. The van der Waals surface area contributed by atoms with Crippen LogP contribution in [0.3, 0.4) is 0 Å². The molecule has 6 nitrogen and oxygen atoms in total. The Bertz CT molecular complexity index is 981. The smallest absolute Gasteiger partial charge is 0.293 e. The van der Waals surface area contributed by atoms with Crippen LogP contribution < -0.4 is 4.74 Å². The summed E-state index contributed by atoms with van der Waals surface area (Å²) in [4.78, 5) is 26.0. The molecule has 2 aromatic rings. The number of nitrogens with zero attached hydrogens (tertiary/aromatic N) is 1. The first-order valence-corrected chi connectivity index (χ1v) is 10.6. The molecule has 1 fully saturated rings. The number of rotatable bonds is 5. The molecule has 1 aliphatic rings. The molecular weight excluding hydrogens is 538 g/mol. The highest BCUT2D eigenvalue weighted by Crippen LogP contribution is 2.43. The van der Waals surface area contributed by atoms with Crippen molar-refractivity contribution in [1.82, 2.24) is 4.90 Å². The van der Waals surface area contributed by atoms with Crippen molar-refractivity contribution in [2.45, 2.75) is 0 Å². The number of ether oxygens (including phenoxy) is 1. The first-order chi connectivity index (χ1) is 13.3. The third-order valence-corrected chi connectivity index (χ3v) is 6.27. The lowest BCUT2D eigenvalue weighted by atomic mass is 10.1. The van der Waals surface area contributed by atoms with E-state index in [1.807, 2.05) is 0 Å². The first kappa shape index (κ1) is 21.0. The zero-order valence-electron chi connectivity index (χ0n) is 14.0. The van der Waals surface area contributed by atoms with Gasteiger partial charge in [-0.2, -0.15) is 0 Å². The van der Waals surface area contributed by atoms with Gasteiger partial charge in [0.15, 0.2) is 0 Å². The lowest BCUT2D eigenvalue weighted by Gasteiger charge is -2.13. The van der Waals surface area contributed by atoms with Crippen molar-refractivity contribution < 1.29 is 24.5 Å². The van der Waals surface area contributed by atoms with Crippen molar-refractivity contribution in [1.29, 1.82) is 0 Å². The number of carbonyl (C=O) groups excluding carboxylic acids is 2. The van der Waals surface area contributed by atoms with Gasteiger partial charge >= 0.3 is 0 Å². The molecule has 0 aromatic heterocycles. The standard InChI is InChI=1S/C18H12Br2ClNO5S/c19-12-7-9(15(23)14(20)16(12)24)8-13-17(25)22(18(26)28-13)5-6-27-11-3-1-10(21)2-4-11/h1-4,7-8,23-24H,5-6H2/b13-8-. The lowest BCUT2D eigenvalue weighted by Crippen LogP contribution is -2.32. The molecule has 10 heteroatoms. The number of thioether (sulfide) groups is 1. The number of hydrogen-bond acceptors (Lipinski definition) is 6. The van der Waals surface area contributed by atoms with E-state index in [1.165, 1.54) is 12.1 Å². The molecule has 0 radical (unpaired) electrons. The van der Waals surface area contributed by atoms with Gasteiger partial charge in [-0.15, -0.1) is 0 Å². The minimum atomic E-state index is -0.477. The monoisotopic (exact) mass is 547 g/mol. The number of carbonyl (C=O) groups is 2. The van der Waals surface area contributed by atoms with Crippen molar-refractivity contribution in [2.75, 3.05) is 13.2 Å². The van der Waals surface area contributed by atoms with Gasteiger partial charge in [0, 0.05) is 10.6 Å². The van der Waals surface area contributed by atoms with Gasteiger partial charge in [0.05, 0.1) is 15.9 Å². The zero-order chi connectivity index (χ0) is 20.4. The minimum Gasteiger partial charge on any atom is -0.506 e. The number of phenols is 2. The first-order valence-electron chi connectivity index (χ1n) is 7.81. The summed E-state index contributed by atoms with van der Waals surface area (Å²) in [5, 5.41) is 20.1. The number of hydrogen-bond donors (Lipinski definition) is 2. The average Bonchev–Trinajstić information content (AvgIpc) is 2.93. The van der Waals surface area contributed by atoms with Crippen LogP contribution in [0.4, 0.5) is 4.79 Å². The molecule has 2 aromatic carbocycles. The Balaban J connectivity index is 1.71. The summed E-state index contributed by atoms with van der Waals surface area (Å²) in [6, 6.07) is 8.20. The summed E-state index contributed by atoms with van der Waals surface area (Å²) in [7, 11) is 0. The Morgan fingerprint density at radius 3 is 2.50 bits per heavy atom. The molecule has 2 amide bonds. The average molecular weight is 550 g/mol. The van der Waals surface area contributed by atoms with Crippen molar-refractivity contribution in [3.05, 3.63) is 54.8 Å². The van der Waals surface area contributed by atoms with E-state index in [4.69, 9.17) is 16.3 Å². The van der Waals surface area contributed by atoms with Gasteiger partial charge in [0.1, 0.15) is 28.3 Å². The van der Waals surface area contributed by atoms with Crippen LogP contribution >= 0.6 is 55.2 Å². The summed E-state index contributed by atoms with van der Waals surface area (Å²) >= 11 is 12.8. The Morgan fingerprint density at radius 1 is 1.14 bits per heavy atom. The Hall–Kier alpha value is -1.68. The molecule has 146 valence electrons. The van der Waals surface area contributed by atoms with Gasteiger partial charge in [-0.25, -0.2) is 0 Å². The van der Waals surface area contributed by atoms with Crippen LogP contribution in [0.1, 0.15) is 5.56 Å². The van der Waals surface area contributed by atoms with Crippen molar-refractivity contribution in [3.8, 4) is 17.2 Å². The highest BCUT2D eigenvalue weighted by molar-refractivity contribution is 9.11. The maximum absolute atomic E-state index is 12.5. The second-order valence-electron chi connectivity index (χ2n) is 5.59. The Labute approximate surface area is 186 Å². The molecular formula is C18H12Br2ClNO5S. The van der Waals surface area contributed by atoms with Crippen LogP contribution in [0.2, 0.25) is 5.02 Å². The SMILES string of the molecule is O=C1S/C(=C\c2cc(Br)c(O)c(Br)c2O)C(=O)N1CCOc1ccc(Cl)cc1. The normalized spacial score (nSPS) is 15.5. The third kappa shape index (κ3) is 4.48. The fourth-order valence-corrected chi connectivity index (χ4v) is 4.48. The van der Waals surface area contributed by atoms with E-state index in [0.29, 0.717) is 15.2 Å². The largest absolute Gasteiger partial charge is 0.506 e. The van der Waals surface area contributed by atoms with E-state index in [1.54, 1.807) is 24.3 Å². The van der Waals surface area contributed by atoms with Crippen LogP contribution in [0, 0.1) is 0 Å². The second kappa shape index (κ2) is 8.77. The van der Waals surface area contributed by atoms with Crippen molar-refractivity contribution >= 4 is 72.4 Å². The maximum atomic E-state index is 12.5. The highest BCUT2D eigenvalue weighted by atomic mass is 79.9. The molecule has 0 aliphatic carbocycles. The van der Waals surface area contributed by atoms with E-state index in [0.717, 1.165) is 16.7 Å². The fourth-order valence-electron chi connectivity index (χ4n) is 2.35. The van der Waals surface area contributed by atoms with E-state index in [2.05, 4.69) is 31.9 Å². The number of halogens is 3. The topological polar surface area (TPSA) is 87.1 Å². The van der Waals surface area contributed by atoms with Crippen molar-refractivity contribution in [3.63, 3.8) is 0 Å². The molecule has 1 heterocycles. The molecule has 1 aliphatic heterocycles. The molecule has 3 rings (SSSR count). The number of amides is 2. The van der Waals surface area contributed by atoms with Crippen LogP contribution in [0.15, 0.2) is 44.2 Å². The van der Waals surface area contributed by atoms with Gasteiger partial charge in [0.25, 0.3) is 11.1 Å². The molecule has 2 N–H and O–H groups in total. The highest BCUT2D eigenvalue weighted by Gasteiger charge is 2.35. The van der Waals surface area contributed by atoms with Crippen LogP contribution in [-0.2, 0) is 4.79 Å². The number of aromatic hydroxyl groups is 2. The number of imide groups is 1. The van der Waals surface area contributed by atoms with Crippen LogP contribution in [-0.4, -0.2) is 39.4 Å². The van der Waals surface area contributed by atoms with Gasteiger partial charge in [-0.05, 0) is 80.0 Å². The van der Waals surface area contributed by atoms with E-state index >= 15 is 0 Å². The third-order valence-electron chi connectivity index (χ3n) is 3.76. The molecule has 1 saturated heterocycles. The summed E-state index contributed by atoms with van der Waals surface area (Å²) < 4.78 is 5.94. The molecule has 0 saturated carbocycles. The van der Waals surface area contributed by atoms with Crippen molar-refractivity contribution in [2.24, 2.45) is 0 Å². The molecule has 0 atom stereocenters. The lowest BCUT2D eigenvalue weighted by molar-refractivity contribution is -0.123. The Morgan fingerprint density at radius 2 is 1.82 bits per heavy atom. The Kier molecular flexibility index (Phi) is 6.59. The minimum absolute atomic E-state index is 0.0829. The predicted octanol–water partition coefficient (Wildman–Crippen LogP) is 5.39. The summed E-state index contributed by atoms with van der Waals surface area (Å²) in [5.74, 6) is -0.300. The molecule has 0 bridgehead atoms. The van der Waals surface area contributed by atoms with Gasteiger partial charge in [0.2, 0.25) is 0 Å². The van der Waals surface area contributed by atoms with E-state index in [-0.39, 0.29) is 39.6 Å². The van der Waals surface area contributed by atoms with Crippen LogP contribution in [0.25, 0.3) is 6.08 Å². The zero-order valence-corrected chi connectivity index (χ0v) is 18.7. The van der Waals surface area contributed by atoms with E-state index in [9.17, 15) is 19.8 Å². The quantitative estimate of drug-likeness (QED) is 0.487. The summed E-state index contributed by atoms with van der Waals surface area (Å²) in [6.07, 6.45) is 1.40. The predicted molar refractivity (Wildman–Crippen MR) is 115 cm³/mol. The van der Waals surface area contributed by atoms with E-state index < -0.39 is 11.1 Å². The summed E-state index contributed by atoms with van der Waals surface area (Å²) in [6.45, 7) is 0.216. The maximum Gasteiger partial charge on any atom is 0.293 e. The fraction of sp³-hybridized carbons (Fsp3) is 0.111.